The molecule has 2 rings (SSSR count). The van der Waals surface area contributed by atoms with Crippen molar-refractivity contribution in [1.29, 1.82) is 0 Å². The maximum Gasteiger partial charge on any atom is 0.223 e. The minimum Gasteiger partial charge on any atom is -0.353 e. The van der Waals surface area contributed by atoms with E-state index in [-0.39, 0.29) is 11.8 Å². The zero-order chi connectivity index (χ0) is 13.0. The van der Waals surface area contributed by atoms with Gasteiger partial charge in [-0.15, -0.1) is 0 Å². The predicted molar refractivity (Wildman–Crippen MR) is 74.1 cm³/mol. The van der Waals surface area contributed by atoms with Crippen molar-refractivity contribution in [3.63, 3.8) is 0 Å². The molecule has 0 spiro atoms. The first kappa shape index (κ1) is 13.9. The molecule has 4 atom stereocenters. The minimum atomic E-state index is 0.190. The van der Waals surface area contributed by atoms with E-state index < -0.39 is 0 Å². The van der Waals surface area contributed by atoms with Crippen molar-refractivity contribution in [3.05, 3.63) is 0 Å². The van der Waals surface area contributed by atoms with Gasteiger partial charge in [0.1, 0.15) is 0 Å². The third-order valence-electron chi connectivity index (χ3n) is 4.90. The van der Waals surface area contributed by atoms with Crippen molar-refractivity contribution >= 4 is 5.91 Å². The van der Waals surface area contributed by atoms with Gasteiger partial charge in [-0.25, -0.2) is 0 Å². The maximum absolute atomic E-state index is 12.3. The normalized spacial score (nSPS) is 37.2. The average molecular weight is 252 g/mol. The van der Waals surface area contributed by atoms with Gasteiger partial charge in [0.05, 0.1) is 0 Å². The van der Waals surface area contributed by atoms with Crippen LogP contribution in [-0.4, -0.2) is 18.5 Å². The predicted octanol–water partition coefficient (Wildman–Crippen LogP) is 2.45. The monoisotopic (exact) mass is 252 g/mol. The second-order valence-corrected chi connectivity index (χ2v) is 6.35. The summed E-state index contributed by atoms with van der Waals surface area (Å²) in [7, 11) is 0. The third-order valence-corrected chi connectivity index (χ3v) is 4.90. The number of carbonyl (C=O) groups excluding carboxylic acids is 1. The SMILES string of the molecule is CC1CCCC(NC(=O)C2CCCC2CN)CC1. The molecule has 0 aromatic rings. The first-order valence-corrected chi connectivity index (χ1v) is 7.71. The Morgan fingerprint density at radius 1 is 1.11 bits per heavy atom. The molecule has 0 radical (unpaired) electrons. The topological polar surface area (TPSA) is 55.1 Å². The molecule has 104 valence electrons. The molecule has 0 aromatic carbocycles. The standard InChI is InChI=1S/C15H28N2O/c1-11-4-2-6-13(9-8-11)17-15(18)14-7-3-5-12(14)10-16/h11-14H,2-10,16H2,1H3,(H,17,18). The molecule has 3 nitrogen and oxygen atoms in total. The molecule has 0 heterocycles. The lowest BCUT2D eigenvalue weighted by molar-refractivity contribution is -0.126. The average Bonchev–Trinajstić information content (AvgIpc) is 2.75. The highest BCUT2D eigenvalue weighted by Gasteiger charge is 2.32. The van der Waals surface area contributed by atoms with Crippen molar-refractivity contribution in [2.24, 2.45) is 23.5 Å². The molecule has 2 saturated carbocycles. The number of nitrogens with two attached hydrogens (primary N) is 1. The summed E-state index contributed by atoms with van der Waals surface area (Å²) in [4.78, 5) is 12.3. The summed E-state index contributed by atoms with van der Waals surface area (Å²) in [6, 6.07) is 0.418. The van der Waals surface area contributed by atoms with Gasteiger partial charge < -0.3 is 11.1 Å². The van der Waals surface area contributed by atoms with Gasteiger partial charge in [-0.3, -0.25) is 4.79 Å². The van der Waals surface area contributed by atoms with Crippen LogP contribution in [-0.2, 0) is 4.79 Å². The van der Waals surface area contributed by atoms with Crippen molar-refractivity contribution in [1.82, 2.24) is 5.32 Å². The molecule has 4 unspecified atom stereocenters. The molecular weight excluding hydrogens is 224 g/mol. The largest absolute Gasteiger partial charge is 0.353 e. The Balaban J connectivity index is 1.83. The fraction of sp³-hybridized carbons (Fsp3) is 0.933. The van der Waals surface area contributed by atoms with Crippen LogP contribution in [0, 0.1) is 17.8 Å². The van der Waals surface area contributed by atoms with Gasteiger partial charge in [-0.05, 0) is 50.5 Å². The van der Waals surface area contributed by atoms with E-state index in [0.717, 1.165) is 31.6 Å². The van der Waals surface area contributed by atoms with Crippen molar-refractivity contribution < 1.29 is 4.79 Å². The van der Waals surface area contributed by atoms with Crippen LogP contribution in [0.3, 0.4) is 0 Å². The zero-order valence-corrected chi connectivity index (χ0v) is 11.7. The third kappa shape index (κ3) is 3.47. The summed E-state index contributed by atoms with van der Waals surface area (Å²) in [6.45, 7) is 2.99. The molecular formula is C15H28N2O. The van der Waals surface area contributed by atoms with Gasteiger partial charge in [0.25, 0.3) is 0 Å². The number of nitrogens with one attached hydrogen (secondary N) is 1. The van der Waals surface area contributed by atoms with Crippen LogP contribution in [0.2, 0.25) is 0 Å². The van der Waals surface area contributed by atoms with Crippen LogP contribution < -0.4 is 11.1 Å². The van der Waals surface area contributed by atoms with E-state index in [4.69, 9.17) is 5.73 Å². The van der Waals surface area contributed by atoms with Crippen LogP contribution in [0.4, 0.5) is 0 Å². The highest BCUT2D eigenvalue weighted by Crippen LogP contribution is 2.31. The Labute approximate surface area is 111 Å². The Morgan fingerprint density at radius 2 is 1.89 bits per heavy atom. The first-order chi connectivity index (χ1) is 8.70. The number of hydrogen-bond donors (Lipinski definition) is 2. The fourth-order valence-electron chi connectivity index (χ4n) is 3.60. The van der Waals surface area contributed by atoms with E-state index >= 15 is 0 Å². The summed E-state index contributed by atoms with van der Waals surface area (Å²) in [5.74, 6) is 1.73. The van der Waals surface area contributed by atoms with Crippen LogP contribution in [0.1, 0.15) is 58.3 Å². The lowest BCUT2D eigenvalue weighted by Gasteiger charge is -2.22. The molecule has 2 fully saturated rings. The van der Waals surface area contributed by atoms with Gasteiger partial charge in [-0.1, -0.05) is 26.2 Å². The Bertz CT molecular complexity index is 280. The van der Waals surface area contributed by atoms with E-state index in [9.17, 15) is 4.79 Å². The van der Waals surface area contributed by atoms with Gasteiger partial charge in [0.15, 0.2) is 0 Å². The van der Waals surface area contributed by atoms with Crippen LogP contribution in [0.5, 0.6) is 0 Å². The summed E-state index contributed by atoms with van der Waals surface area (Å²) in [5, 5.41) is 3.29. The van der Waals surface area contributed by atoms with E-state index in [0.29, 0.717) is 18.5 Å². The molecule has 0 aromatic heterocycles. The Hall–Kier alpha value is -0.570. The van der Waals surface area contributed by atoms with Crippen LogP contribution in [0.15, 0.2) is 0 Å². The van der Waals surface area contributed by atoms with Crippen molar-refractivity contribution in [2.75, 3.05) is 6.54 Å². The summed E-state index contributed by atoms with van der Waals surface area (Å²) in [5.41, 5.74) is 5.76. The molecule has 1 amide bonds. The molecule has 2 aliphatic rings. The Morgan fingerprint density at radius 3 is 2.67 bits per heavy atom. The number of rotatable bonds is 3. The van der Waals surface area contributed by atoms with Crippen molar-refractivity contribution in [2.45, 2.75) is 64.3 Å². The highest BCUT2D eigenvalue weighted by molar-refractivity contribution is 5.79. The highest BCUT2D eigenvalue weighted by atomic mass is 16.2. The molecule has 3 N–H and O–H groups in total. The Kier molecular flexibility index (Phi) is 5.04. The molecule has 2 aliphatic carbocycles. The molecule has 0 aliphatic heterocycles. The molecule has 3 heteroatoms. The maximum atomic E-state index is 12.3. The minimum absolute atomic E-state index is 0.190. The van der Waals surface area contributed by atoms with Crippen molar-refractivity contribution in [3.8, 4) is 0 Å². The second kappa shape index (κ2) is 6.55. The summed E-state index contributed by atoms with van der Waals surface area (Å²) >= 11 is 0. The number of carbonyl (C=O) groups is 1. The van der Waals surface area contributed by atoms with E-state index in [1.807, 2.05) is 0 Å². The molecule has 0 saturated heterocycles. The number of amides is 1. The number of hydrogen-bond acceptors (Lipinski definition) is 2. The quantitative estimate of drug-likeness (QED) is 0.758. The van der Waals surface area contributed by atoms with Crippen LogP contribution >= 0.6 is 0 Å². The van der Waals surface area contributed by atoms with E-state index in [1.165, 1.54) is 25.7 Å². The van der Waals surface area contributed by atoms with Gasteiger partial charge in [0, 0.05) is 12.0 Å². The molecule has 18 heavy (non-hydrogen) atoms. The summed E-state index contributed by atoms with van der Waals surface area (Å²) < 4.78 is 0. The van der Waals surface area contributed by atoms with Gasteiger partial charge >= 0.3 is 0 Å². The lowest BCUT2D eigenvalue weighted by atomic mass is 9.94. The molecule has 0 bridgehead atoms. The van der Waals surface area contributed by atoms with E-state index in [2.05, 4.69) is 12.2 Å². The van der Waals surface area contributed by atoms with Gasteiger partial charge in [0.2, 0.25) is 5.91 Å². The van der Waals surface area contributed by atoms with Gasteiger partial charge in [-0.2, -0.15) is 0 Å². The van der Waals surface area contributed by atoms with Crippen LogP contribution in [0.25, 0.3) is 0 Å². The second-order valence-electron chi connectivity index (χ2n) is 6.35. The smallest absolute Gasteiger partial charge is 0.223 e. The first-order valence-electron chi connectivity index (χ1n) is 7.71. The fourth-order valence-corrected chi connectivity index (χ4v) is 3.60. The van der Waals surface area contributed by atoms with E-state index in [1.54, 1.807) is 0 Å². The summed E-state index contributed by atoms with van der Waals surface area (Å²) in [6.07, 6.45) is 9.51. The lowest BCUT2D eigenvalue weighted by Crippen LogP contribution is -2.41. The zero-order valence-electron chi connectivity index (χ0n) is 11.7.